The standard InChI is InChI=1S/C10H10O4/c1-5-3-4-7(9(11)12)8(6(5)2)10(13)14/h3-4,7-8H,1-2H2,(H,11,12)(H,13,14). The molecule has 0 radical (unpaired) electrons. The van der Waals surface area contributed by atoms with E-state index in [4.69, 9.17) is 10.2 Å². The second-order valence-corrected chi connectivity index (χ2v) is 3.09. The predicted octanol–water partition coefficient (Wildman–Crippen LogP) is 1.07. The van der Waals surface area contributed by atoms with Crippen LogP contribution in [-0.2, 0) is 9.59 Å². The lowest BCUT2D eigenvalue weighted by Crippen LogP contribution is -2.32. The van der Waals surface area contributed by atoms with Crippen molar-refractivity contribution in [3.05, 3.63) is 36.5 Å². The highest BCUT2D eigenvalue weighted by molar-refractivity contribution is 5.86. The van der Waals surface area contributed by atoms with Crippen LogP contribution >= 0.6 is 0 Å². The average Bonchev–Trinajstić information content (AvgIpc) is 2.08. The summed E-state index contributed by atoms with van der Waals surface area (Å²) in [5.74, 6) is -4.51. The van der Waals surface area contributed by atoms with E-state index < -0.39 is 23.8 Å². The number of rotatable bonds is 2. The van der Waals surface area contributed by atoms with E-state index in [1.54, 1.807) is 0 Å². The summed E-state index contributed by atoms with van der Waals surface area (Å²) in [5.41, 5.74) is 0.724. The van der Waals surface area contributed by atoms with Gasteiger partial charge >= 0.3 is 11.9 Å². The summed E-state index contributed by atoms with van der Waals surface area (Å²) in [4.78, 5) is 21.6. The maximum Gasteiger partial charge on any atom is 0.312 e. The zero-order valence-corrected chi connectivity index (χ0v) is 7.43. The van der Waals surface area contributed by atoms with E-state index in [0.29, 0.717) is 5.57 Å². The first-order valence-electron chi connectivity index (χ1n) is 3.97. The quantitative estimate of drug-likeness (QED) is 0.689. The Bertz CT molecular complexity index is 351. The molecule has 0 aliphatic heterocycles. The van der Waals surface area contributed by atoms with E-state index in [9.17, 15) is 9.59 Å². The van der Waals surface area contributed by atoms with Gasteiger partial charge in [0.25, 0.3) is 0 Å². The fourth-order valence-electron chi connectivity index (χ4n) is 1.38. The van der Waals surface area contributed by atoms with Gasteiger partial charge in [-0.1, -0.05) is 25.3 Å². The van der Waals surface area contributed by atoms with E-state index in [1.165, 1.54) is 12.2 Å². The summed E-state index contributed by atoms with van der Waals surface area (Å²) in [5, 5.41) is 17.6. The normalized spacial score (nSPS) is 26.3. The van der Waals surface area contributed by atoms with Gasteiger partial charge in [-0.15, -0.1) is 0 Å². The Hall–Kier alpha value is -1.84. The van der Waals surface area contributed by atoms with E-state index in [-0.39, 0.29) is 5.57 Å². The summed E-state index contributed by atoms with van der Waals surface area (Å²) in [6, 6.07) is 0. The molecule has 0 bridgehead atoms. The SMILES string of the molecule is C=C1C=CC(C(=O)O)C(C(=O)O)C1=C. The molecule has 0 aromatic heterocycles. The van der Waals surface area contributed by atoms with Crippen LogP contribution in [0.4, 0.5) is 0 Å². The third kappa shape index (κ3) is 1.59. The fraction of sp³-hybridized carbons (Fsp3) is 0.200. The van der Waals surface area contributed by atoms with Crippen LogP contribution < -0.4 is 0 Å². The highest BCUT2D eigenvalue weighted by atomic mass is 16.4. The maximum absolute atomic E-state index is 10.8. The molecule has 0 amide bonds. The number of hydrogen-bond donors (Lipinski definition) is 2. The van der Waals surface area contributed by atoms with Gasteiger partial charge in [0.05, 0.1) is 11.8 Å². The van der Waals surface area contributed by atoms with Gasteiger partial charge < -0.3 is 10.2 Å². The Labute approximate surface area is 80.9 Å². The molecule has 0 aromatic carbocycles. The molecule has 2 atom stereocenters. The van der Waals surface area contributed by atoms with Crippen molar-refractivity contribution in [2.24, 2.45) is 11.8 Å². The summed E-state index contributed by atoms with van der Waals surface area (Å²) in [7, 11) is 0. The molecular formula is C10H10O4. The van der Waals surface area contributed by atoms with Gasteiger partial charge in [-0.3, -0.25) is 9.59 Å². The minimum Gasteiger partial charge on any atom is -0.481 e. The van der Waals surface area contributed by atoms with E-state index in [1.807, 2.05) is 0 Å². The van der Waals surface area contributed by atoms with Crippen molar-refractivity contribution < 1.29 is 19.8 Å². The lowest BCUT2D eigenvalue weighted by atomic mass is 9.79. The van der Waals surface area contributed by atoms with Gasteiger partial charge in [-0.25, -0.2) is 0 Å². The van der Waals surface area contributed by atoms with Gasteiger partial charge in [0, 0.05) is 0 Å². The molecule has 74 valence electrons. The molecule has 1 aliphatic rings. The first-order valence-corrected chi connectivity index (χ1v) is 3.97. The highest BCUT2D eigenvalue weighted by Gasteiger charge is 2.36. The molecule has 0 fully saturated rings. The third-order valence-corrected chi connectivity index (χ3v) is 2.20. The van der Waals surface area contributed by atoms with Crippen molar-refractivity contribution in [3.8, 4) is 0 Å². The Morgan fingerprint density at radius 2 is 1.79 bits per heavy atom. The number of allylic oxidation sites excluding steroid dienone is 2. The minimum atomic E-state index is -1.19. The fourth-order valence-corrected chi connectivity index (χ4v) is 1.38. The van der Waals surface area contributed by atoms with Crippen LogP contribution in [0.3, 0.4) is 0 Å². The molecule has 0 heterocycles. The summed E-state index contributed by atoms with van der Waals surface area (Å²) >= 11 is 0. The largest absolute Gasteiger partial charge is 0.481 e. The van der Waals surface area contributed by atoms with Gasteiger partial charge in [0.15, 0.2) is 0 Å². The lowest BCUT2D eigenvalue weighted by molar-refractivity contribution is -0.150. The second kappa shape index (κ2) is 3.49. The van der Waals surface area contributed by atoms with Crippen LogP contribution in [0.1, 0.15) is 0 Å². The predicted molar refractivity (Wildman–Crippen MR) is 49.7 cm³/mol. The molecule has 2 unspecified atom stereocenters. The Morgan fingerprint density at radius 1 is 1.21 bits per heavy atom. The molecule has 4 heteroatoms. The monoisotopic (exact) mass is 194 g/mol. The number of carbonyl (C=O) groups is 2. The molecular weight excluding hydrogens is 184 g/mol. The van der Waals surface area contributed by atoms with Gasteiger partial charge in [-0.05, 0) is 11.1 Å². The molecule has 1 rings (SSSR count). The topological polar surface area (TPSA) is 74.6 Å². The molecule has 0 spiro atoms. The average molecular weight is 194 g/mol. The van der Waals surface area contributed by atoms with Crippen molar-refractivity contribution in [1.82, 2.24) is 0 Å². The molecule has 14 heavy (non-hydrogen) atoms. The van der Waals surface area contributed by atoms with Gasteiger partial charge in [0.2, 0.25) is 0 Å². The number of carboxylic acids is 2. The van der Waals surface area contributed by atoms with Crippen molar-refractivity contribution in [1.29, 1.82) is 0 Å². The Balaban J connectivity index is 3.13. The van der Waals surface area contributed by atoms with Crippen LogP contribution in [0.2, 0.25) is 0 Å². The maximum atomic E-state index is 10.8. The molecule has 2 N–H and O–H groups in total. The van der Waals surface area contributed by atoms with Crippen LogP contribution in [0, 0.1) is 11.8 Å². The Kier molecular flexibility index (Phi) is 2.56. The summed E-state index contributed by atoms with van der Waals surface area (Å²) < 4.78 is 0. The van der Waals surface area contributed by atoms with E-state index in [0.717, 1.165) is 0 Å². The molecule has 1 aliphatic carbocycles. The smallest absolute Gasteiger partial charge is 0.312 e. The van der Waals surface area contributed by atoms with Crippen LogP contribution in [0.15, 0.2) is 36.5 Å². The highest BCUT2D eigenvalue weighted by Crippen LogP contribution is 2.31. The zero-order chi connectivity index (χ0) is 10.9. The molecule has 0 aromatic rings. The van der Waals surface area contributed by atoms with Crippen molar-refractivity contribution >= 4 is 11.9 Å². The minimum absolute atomic E-state index is 0.257. The van der Waals surface area contributed by atoms with Gasteiger partial charge in [-0.2, -0.15) is 0 Å². The van der Waals surface area contributed by atoms with Crippen LogP contribution in [-0.4, -0.2) is 22.2 Å². The number of aliphatic carboxylic acids is 2. The summed E-state index contributed by atoms with van der Waals surface area (Å²) in [6.07, 6.45) is 2.82. The number of carboxylic acid groups (broad SMARTS) is 2. The summed E-state index contributed by atoms with van der Waals surface area (Å²) in [6.45, 7) is 7.11. The molecule has 0 saturated heterocycles. The first-order chi connectivity index (χ1) is 6.45. The van der Waals surface area contributed by atoms with Crippen LogP contribution in [0.5, 0.6) is 0 Å². The van der Waals surface area contributed by atoms with Crippen LogP contribution in [0.25, 0.3) is 0 Å². The second-order valence-electron chi connectivity index (χ2n) is 3.09. The zero-order valence-electron chi connectivity index (χ0n) is 7.43. The van der Waals surface area contributed by atoms with Gasteiger partial charge in [0.1, 0.15) is 0 Å². The van der Waals surface area contributed by atoms with Crippen molar-refractivity contribution in [2.45, 2.75) is 0 Å². The lowest BCUT2D eigenvalue weighted by Gasteiger charge is -2.24. The van der Waals surface area contributed by atoms with Crippen molar-refractivity contribution in [2.75, 3.05) is 0 Å². The van der Waals surface area contributed by atoms with Crippen molar-refractivity contribution in [3.63, 3.8) is 0 Å². The van der Waals surface area contributed by atoms with E-state index in [2.05, 4.69) is 13.2 Å². The first kappa shape index (κ1) is 10.2. The molecule has 4 nitrogen and oxygen atoms in total. The third-order valence-electron chi connectivity index (χ3n) is 2.20. The Morgan fingerprint density at radius 3 is 2.21 bits per heavy atom. The number of hydrogen-bond acceptors (Lipinski definition) is 2. The molecule has 0 saturated carbocycles. The van der Waals surface area contributed by atoms with E-state index >= 15 is 0 Å².